The van der Waals surface area contributed by atoms with E-state index in [4.69, 9.17) is 9.47 Å². The van der Waals surface area contributed by atoms with Crippen molar-refractivity contribution in [1.29, 1.82) is 0 Å². The van der Waals surface area contributed by atoms with Crippen molar-refractivity contribution in [2.45, 2.75) is 52.1 Å². The van der Waals surface area contributed by atoms with E-state index in [1.807, 2.05) is 6.92 Å². The molecule has 0 aromatic carbocycles. The van der Waals surface area contributed by atoms with E-state index in [9.17, 15) is 4.79 Å². The molecule has 1 saturated carbocycles. The minimum absolute atomic E-state index is 0.304. The van der Waals surface area contributed by atoms with E-state index in [0.717, 1.165) is 24.3 Å². The number of carbonyl (C=O) groups is 1. The van der Waals surface area contributed by atoms with Gasteiger partial charge in [-0.1, -0.05) is 13.3 Å². The smallest absolute Gasteiger partial charge is 0.357 e. The number of ether oxygens (including phenoxy) is 2. The van der Waals surface area contributed by atoms with Gasteiger partial charge in [0.25, 0.3) is 0 Å². The third-order valence-electron chi connectivity index (χ3n) is 3.75. The van der Waals surface area contributed by atoms with E-state index in [2.05, 4.69) is 11.9 Å². The molecule has 2 rings (SSSR count). The second kappa shape index (κ2) is 6.68. The maximum atomic E-state index is 11.7. The highest BCUT2D eigenvalue weighted by Gasteiger charge is 2.40. The first-order valence-electron chi connectivity index (χ1n) is 7.38. The number of rotatable bonds is 5. The van der Waals surface area contributed by atoms with E-state index in [1.165, 1.54) is 17.8 Å². The maximum absolute atomic E-state index is 11.7. The molecule has 20 heavy (non-hydrogen) atoms. The quantitative estimate of drug-likeness (QED) is 0.776. The molecule has 1 aromatic rings. The summed E-state index contributed by atoms with van der Waals surface area (Å²) in [5, 5.41) is 2.71. The number of carbonyl (C=O) groups excluding carboxylic acids is 1. The molecular formula is C15H23NO3S. The SMILES string of the molecule is CCOC(=O)c1csc(C2(OCC)CCCC(C)C2)n1. The molecule has 1 aliphatic rings. The summed E-state index contributed by atoms with van der Waals surface area (Å²) in [5.41, 5.74) is 0.103. The monoisotopic (exact) mass is 297 g/mol. The highest BCUT2D eigenvalue weighted by Crippen LogP contribution is 2.44. The van der Waals surface area contributed by atoms with Crippen LogP contribution in [0.25, 0.3) is 0 Å². The summed E-state index contributed by atoms with van der Waals surface area (Å²) in [6.07, 6.45) is 4.36. The largest absolute Gasteiger partial charge is 0.461 e. The summed E-state index contributed by atoms with van der Waals surface area (Å²) in [6, 6.07) is 0. The average Bonchev–Trinajstić information content (AvgIpc) is 2.89. The Morgan fingerprint density at radius 2 is 2.30 bits per heavy atom. The average molecular weight is 297 g/mol. The van der Waals surface area contributed by atoms with Crippen molar-refractivity contribution in [3.05, 3.63) is 16.1 Å². The van der Waals surface area contributed by atoms with Crippen LogP contribution in [0.15, 0.2) is 5.38 Å². The molecule has 1 heterocycles. The van der Waals surface area contributed by atoms with Crippen molar-refractivity contribution >= 4 is 17.3 Å². The fourth-order valence-corrected chi connectivity index (χ4v) is 3.93. The van der Waals surface area contributed by atoms with Crippen LogP contribution in [0.1, 0.15) is 62.0 Å². The molecule has 0 spiro atoms. The standard InChI is InChI=1S/C15H23NO3S/c1-4-18-13(17)12-10-20-14(16-12)15(19-5-2)8-6-7-11(3)9-15/h10-11H,4-9H2,1-3H3. The number of hydrogen-bond donors (Lipinski definition) is 0. The molecule has 0 N–H and O–H groups in total. The Morgan fingerprint density at radius 3 is 2.95 bits per heavy atom. The minimum atomic E-state index is -0.342. The summed E-state index contributed by atoms with van der Waals surface area (Å²) in [4.78, 5) is 16.2. The van der Waals surface area contributed by atoms with Gasteiger partial charge in [-0.05, 0) is 39.0 Å². The van der Waals surface area contributed by atoms with E-state index in [0.29, 0.717) is 24.8 Å². The van der Waals surface area contributed by atoms with Gasteiger partial charge in [0.1, 0.15) is 10.6 Å². The highest BCUT2D eigenvalue weighted by molar-refractivity contribution is 7.10. The molecule has 2 atom stereocenters. The zero-order valence-corrected chi connectivity index (χ0v) is 13.3. The Morgan fingerprint density at radius 1 is 1.50 bits per heavy atom. The molecule has 0 aliphatic heterocycles. The fourth-order valence-electron chi connectivity index (χ4n) is 2.95. The van der Waals surface area contributed by atoms with Gasteiger partial charge in [-0.3, -0.25) is 0 Å². The van der Waals surface area contributed by atoms with E-state index < -0.39 is 0 Å². The van der Waals surface area contributed by atoms with E-state index >= 15 is 0 Å². The van der Waals surface area contributed by atoms with Crippen LogP contribution in [-0.2, 0) is 15.1 Å². The predicted octanol–water partition coefficient (Wildman–Crippen LogP) is 3.76. The number of thiazole rings is 1. The van der Waals surface area contributed by atoms with Crippen molar-refractivity contribution in [3.63, 3.8) is 0 Å². The topological polar surface area (TPSA) is 48.4 Å². The fraction of sp³-hybridized carbons (Fsp3) is 0.733. The molecule has 0 radical (unpaired) electrons. The van der Waals surface area contributed by atoms with Gasteiger partial charge in [-0.25, -0.2) is 9.78 Å². The summed E-state index contributed by atoms with van der Waals surface area (Å²) in [5.74, 6) is 0.288. The Bertz CT molecular complexity index is 456. The predicted molar refractivity (Wildman–Crippen MR) is 79.0 cm³/mol. The van der Waals surface area contributed by atoms with Crippen molar-refractivity contribution in [2.24, 2.45) is 5.92 Å². The first-order valence-corrected chi connectivity index (χ1v) is 8.26. The van der Waals surface area contributed by atoms with Gasteiger partial charge in [0, 0.05) is 12.0 Å². The Kier molecular flexibility index (Phi) is 5.16. The van der Waals surface area contributed by atoms with Gasteiger partial charge < -0.3 is 9.47 Å². The van der Waals surface area contributed by atoms with E-state index in [1.54, 1.807) is 12.3 Å². The van der Waals surface area contributed by atoms with Crippen molar-refractivity contribution < 1.29 is 14.3 Å². The molecule has 0 bridgehead atoms. The Hall–Kier alpha value is -0.940. The zero-order chi connectivity index (χ0) is 14.6. The highest BCUT2D eigenvalue weighted by atomic mass is 32.1. The van der Waals surface area contributed by atoms with Crippen LogP contribution in [0.4, 0.5) is 0 Å². The van der Waals surface area contributed by atoms with Crippen LogP contribution in [0, 0.1) is 5.92 Å². The van der Waals surface area contributed by atoms with Gasteiger partial charge in [-0.15, -0.1) is 11.3 Å². The third kappa shape index (κ3) is 3.20. The summed E-state index contributed by atoms with van der Waals surface area (Å²) >= 11 is 1.51. The summed E-state index contributed by atoms with van der Waals surface area (Å²) in [7, 11) is 0. The molecule has 4 nitrogen and oxygen atoms in total. The minimum Gasteiger partial charge on any atom is -0.461 e. The number of hydrogen-bond acceptors (Lipinski definition) is 5. The van der Waals surface area contributed by atoms with Crippen LogP contribution >= 0.6 is 11.3 Å². The second-order valence-electron chi connectivity index (χ2n) is 5.39. The molecule has 1 aromatic heterocycles. The lowest BCUT2D eigenvalue weighted by molar-refractivity contribution is -0.0821. The van der Waals surface area contributed by atoms with Crippen LogP contribution in [0.5, 0.6) is 0 Å². The number of nitrogens with zero attached hydrogens (tertiary/aromatic N) is 1. The van der Waals surface area contributed by atoms with Crippen LogP contribution in [-0.4, -0.2) is 24.2 Å². The van der Waals surface area contributed by atoms with Gasteiger partial charge in [0.15, 0.2) is 5.69 Å². The molecular weight excluding hydrogens is 274 g/mol. The Balaban J connectivity index is 2.23. The lowest BCUT2D eigenvalue weighted by atomic mass is 9.79. The molecule has 112 valence electrons. The second-order valence-corrected chi connectivity index (χ2v) is 6.25. The van der Waals surface area contributed by atoms with Crippen molar-refractivity contribution in [2.75, 3.05) is 13.2 Å². The van der Waals surface area contributed by atoms with Crippen molar-refractivity contribution in [1.82, 2.24) is 4.98 Å². The molecule has 2 unspecified atom stereocenters. The van der Waals surface area contributed by atoms with Crippen LogP contribution in [0.2, 0.25) is 0 Å². The first kappa shape index (κ1) is 15.4. The van der Waals surface area contributed by atoms with Gasteiger partial charge in [0.05, 0.1) is 6.61 Å². The van der Waals surface area contributed by atoms with Crippen LogP contribution in [0.3, 0.4) is 0 Å². The zero-order valence-electron chi connectivity index (χ0n) is 12.5. The number of aromatic nitrogens is 1. The van der Waals surface area contributed by atoms with Gasteiger partial charge in [0.2, 0.25) is 0 Å². The maximum Gasteiger partial charge on any atom is 0.357 e. The molecule has 0 amide bonds. The number of esters is 1. The van der Waals surface area contributed by atoms with E-state index in [-0.39, 0.29) is 11.6 Å². The third-order valence-corrected chi connectivity index (χ3v) is 4.78. The molecule has 1 aliphatic carbocycles. The van der Waals surface area contributed by atoms with Gasteiger partial charge in [-0.2, -0.15) is 0 Å². The summed E-state index contributed by atoms with van der Waals surface area (Å²) < 4.78 is 11.1. The molecule has 0 saturated heterocycles. The van der Waals surface area contributed by atoms with Crippen molar-refractivity contribution in [3.8, 4) is 0 Å². The lowest BCUT2D eigenvalue weighted by Crippen LogP contribution is -2.35. The van der Waals surface area contributed by atoms with Crippen LogP contribution < -0.4 is 0 Å². The normalized spacial score (nSPS) is 26.4. The molecule has 5 heteroatoms. The first-order chi connectivity index (χ1) is 9.61. The molecule has 1 fully saturated rings. The lowest BCUT2D eigenvalue weighted by Gasteiger charge is -2.38. The summed E-state index contributed by atoms with van der Waals surface area (Å²) in [6.45, 7) is 7.11. The Labute approximate surface area is 124 Å². The van der Waals surface area contributed by atoms with Gasteiger partial charge >= 0.3 is 5.97 Å².